The van der Waals surface area contributed by atoms with E-state index < -0.39 is 0 Å². The summed E-state index contributed by atoms with van der Waals surface area (Å²) in [6, 6.07) is 13.8. The van der Waals surface area contributed by atoms with Gasteiger partial charge in [-0.2, -0.15) is 0 Å². The number of benzene rings is 2. The molecule has 1 aliphatic rings. The van der Waals surface area contributed by atoms with Crippen molar-refractivity contribution in [3.05, 3.63) is 77.0 Å². The zero-order valence-corrected chi connectivity index (χ0v) is 18.3. The molecule has 0 spiro atoms. The highest BCUT2D eigenvalue weighted by molar-refractivity contribution is 9.10. The van der Waals surface area contributed by atoms with Gasteiger partial charge in [-0.1, -0.05) is 40.2 Å². The highest BCUT2D eigenvalue weighted by Crippen LogP contribution is 2.23. The molecule has 3 amide bonds. The van der Waals surface area contributed by atoms with Crippen LogP contribution in [0.1, 0.15) is 18.4 Å². The number of carbonyl (C=O) groups is 2. The molecule has 1 N–H and O–H groups in total. The second-order valence-corrected chi connectivity index (χ2v) is 8.22. The lowest BCUT2D eigenvalue weighted by Crippen LogP contribution is -2.45. The van der Waals surface area contributed by atoms with Gasteiger partial charge < -0.3 is 15.1 Å². The molecule has 2 aromatic carbocycles. The molecule has 2 aromatic rings. The van der Waals surface area contributed by atoms with Gasteiger partial charge in [0.15, 0.2) is 0 Å². The lowest BCUT2D eigenvalue weighted by atomic mass is 9.95. The number of carbonyl (C=O) groups excluding carboxylic acids is 2. The lowest BCUT2D eigenvalue weighted by molar-refractivity contribution is -0.137. The third-order valence-electron chi connectivity index (χ3n) is 5.19. The van der Waals surface area contributed by atoms with Crippen LogP contribution in [0.4, 0.5) is 14.9 Å². The minimum absolute atomic E-state index is 0.0302. The first-order chi connectivity index (χ1) is 14.5. The minimum Gasteiger partial charge on any atom is -0.334 e. The summed E-state index contributed by atoms with van der Waals surface area (Å²) in [5.41, 5.74) is 1.20. The van der Waals surface area contributed by atoms with E-state index in [1.165, 1.54) is 6.07 Å². The zero-order chi connectivity index (χ0) is 21.5. The molecule has 1 saturated heterocycles. The summed E-state index contributed by atoms with van der Waals surface area (Å²) in [7, 11) is 0. The molecule has 7 heteroatoms. The number of hydrogen-bond donors (Lipinski definition) is 1. The van der Waals surface area contributed by atoms with Gasteiger partial charge in [0.2, 0.25) is 5.91 Å². The second-order valence-electron chi connectivity index (χ2n) is 7.30. The molecule has 5 nitrogen and oxygen atoms in total. The second kappa shape index (κ2) is 10.4. The Morgan fingerprint density at radius 3 is 2.57 bits per heavy atom. The fraction of sp³-hybridized carbons (Fsp3) is 0.304. The van der Waals surface area contributed by atoms with Gasteiger partial charge in [-0.15, -0.1) is 6.58 Å². The predicted octanol–water partition coefficient (Wildman–Crippen LogP) is 5.05. The SMILES string of the molecule is C=CCN(Cc1cc(Br)ccc1F)C(=O)C1CCN(C(=O)Nc2ccccc2)CC1. The molecule has 3 rings (SSSR count). The normalized spacial score (nSPS) is 14.3. The summed E-state index contributed by atoms with van der Waals surface area (Å²) in [5.74, 6) is -0.564. The molecule has 0 aliphatic carbocycles. The number of para-hydroxylation sites is 1. The van der Waals surface area contributed by atoms with E-state index in [1.807, 2.05) is 30.3 Å². The van der Waals surface area contributed by atoms with E-state index >= 15 is 0 Å². The number of halogens is 2. The van der Waals surface area contributed by atoms with Gasteiger partial charge in [0.1, 0.15) is 5.82 Å². The van der Waals surface area contributed by atoms with Crippen molar-refractivity contribution in [2.45, 2.75) is 19.4 Å². The standard InChI is InChI=1S/C23H25BrFN3O2/c1-2-12-28(16-18-15-19(24)8-9-21(18)25)22(29)17-10-13-27(14-11-17)23(30)26-20-6-4-3-5-7-20/h2-9,15,17H,1,10-14,16H2,(H,26,30). The number of urea groups is 1. The van der Waals surface area contributed by atoms with Crippen LogP contribution in [0.25, 0.3) is 0 Å². The number of rotatable bonds is 6. The molecule has 1 heterocycles. The van der Waals surface area contributed by atoms with Crippen LogP contribution in [0.5, 0.6) is 0 Å². The monoisotopic (exact) mass is 473 g/mol. The van der Waals surface area contributed by atoms with Crippen molar-refractivity contribution in [1.29, 1.82) is 0 Å². The molecule has 158 valence electrons. The quantitative estimate of drug-likeness (QED) is 0.596. The summed E-state index contributed by atoms with van der Waals surface area (Å²) in [6.07, 6.45) is 2.81. The van der Waals surface area contributed by atoms with Crippen molar-refractivity contribution in [1.82, 2.24) is 9.80 Å². The number of likely N-dealkylation sites (tertiary alicyclic amines) is 1. The Morgan fingerprint density at radius 2 is 1.90 bits per heavy atom. The van der Waals surface area contributed by atoms with Gasteiger partial charge in [-0.05, 0) is 43.2 Å². The smallest absolute Gasteiger partial charge is 0.321 e. The molecular formula is C23H25BrFN3O2. The van der Waals surface area contributed by atoms with Crippen LogP contribution in [-0.4, -0.2) is 41.4 Å². The first-order valence-electron chi connectivity index (χ1n) is 9.92. The Labute approximate surface area is 184 Å². The number of piperidine rings is 1. The summed E-state index contributed by atoms with van der Waals surface area (Å²) in [4.78, 5) is 28.9. The van der Waals surface area contributed by atoms with Crippen LogP contribution in [-0.2, 0) is 11.3 Å². The van der Waals surface area contributed by atoms with E-state index in [9.17, 15) is 14.0 Å². The Morgan fingerprint density at radius 1 is 1.20 bits per heavy atom. The van der Waals surface area contributed by atoms with Gasteiger partial charge in [0.05, 0.1) is 0 Å². The van der Waals surface area contributed by atoms with E-state index in [-0.39, 0.29) is 30.2 Å². The largest absolute Gasteiger partial charge is 0.334 e. The fourth-order valence-electron chi connectivity index (χ4n) is 3.57. The molecular weight excluding hydrogens is 449 g/mol. The Balaban J connectivity index is 1.58. The third kappa shape index (κ3) is 5.69. The first-order valence-corrected chi connectivity index (χ1v) is 10.7. The topological polar surface area (TPSA) is 52.7 Å². The number of anilines is 1. The maximum absolute atomic E-state index is 14.2. The molecule has 0 atom stereocenters. The van der Waals surface area contributed by atoms with E-state index in [1.54, 1.807) is 28.0 Å². The van der Waals surface area contributed by atoms with Crippen molar-refractivity contribution in [3.8, 4) is 0 Å². The average molecular weight is 474 g/mol. The van der Waals surface area contributed by atoms with Crippen LogP contribution in [0.2, 0.25) is 0 Å². The summed E-state index contributed by atoms with van der Waals surface area (Å²) >= 11 is 3.35. The van der Waals surface area contributed by atoms with E-state index in [0.29, 0.717) is 38.0 Å². The van der Waals surface area contributed by atoms with Gasteiger partial charge in [0.25, 0.3) is 0 Å². The Hall–Kier alpha value is -2.67. The average Bonchev–Trinajstić information content (AvgIpc) is 2.76. The maximum atomic E-state index is 14.2. The molecule has 0 aromatic heterocycles. The molecule has 30 heavy (non-hydrogen) atoms. The highest BCUT2D eigenvalue weighted by atomic mass is 79.9. The van der Waals surface area contributed by atoms with Crippen molar-refractivity contribution >= 4 is 33.6 Å². The van der Waals surface area contributed by atoms with Gasteiger partial charge in [-0.3, -0.25) is 4.79 Å². The highest BCUT2D eigenvalue weighted by Gasteiger charge is 2.30. The molecule has 1 fully saturated rings. The molecule has 0 unspecified atom stereocenters. The minimum atomic E-state index is -0.340. The molecule has 0 saturated carbocycles. The summed E-state index contributed by atoms with van der Waals surface area (Å²) in [6.45, 7) is 5.26. The number of hydrogen-bond acceptors (Lipinski definition) is 2. The Bertz CT molecular complexity index is 899. The van der Waals surface area contributed by atoms with E-state index in [4.69, 9.17) is 0 Å². The third-order valence-corrected chi connectivity index (χ3v) is 5.68. The number of nitrogens with one attached hydrogen (secondary N) is 1. The van der Waals surface area contributed by atoms with Crippen LogP contribution < -0.4 is 5.32 Å². The van der Waals surface area contributed by atoms with Crippen LogP contribution in [0, 0.1) is 11.7 Å². The zero-order valence-electron chi connectivity index (χ0n) is 16.7. The lowest BCUT2D eigenvalue weighted by Gasteiger charge is -2.34. The molecule has 0 bridgehead atoms. The first kappa shape index (κ1) is 22.0. The van der Waals surface area contributed by atoms with Crippen LogP contribution in [0.3, 0.4) is 0 Å². The van der Waals surface area contributed by atoms with Crippen LogP contribution >= 0.6 is 15.9 Å². The van der Waals surface area contributed by atoms with Gasteiger partial charge >= 0.3 is 6.03 Å². The Kier molecular flexibility index (Phi) is 7.63. The summed E-state index contributed by atoms with van der Waals surface area (Å²) < 4.78 is 14.9. The summed E-state index contributed by atoms with van der Waals surface area (Å²) in [5, 5.41) is 2.88. The van der Waals surface area contributed by atoms with E-state index in [0.717, 1.165) is 10.2 Å². The van der Waals surface area contributed by atoms with Gasteiger partial charge in [-0.25, -0.2) is 9.18 Å². The van der Waals surface area contributed by atoms with Crippen molar-refractivity contribution in [2.24, 2.45) is 5.92 Å². The molecule has 0 radical (unpaired) electrons. The number of nitrogens with zero attached hydrogens (tertiary/aromatic N) is 2. The van der Waals surface area contributed by atoms with E-state index in [2.05, 4.69) is 27.8 Å². The predicted molar refractivity (Wildman–Crippen MR) is 119 cm³/mol. The number of amides is 3. The maximum Gasteiger partial charge on any atom is 0.321 e. The van der Waals surface area contributed by atoms with Crippen molar-refractivity contribution < 1.29 is 14.0 Å². The fourth-order valence-corrected chi connectivity index (χ4v) is 3.98. The molecule has 1 aliphatic heterocycles. The van der Waals surface area contributed by atoms with Crippen molar-refractivity contribution in [2.75, 3.05) is 25.0 Å². The van der Waals surface area contributed by atoms with Gasteiger partial charge in [0, 0.05) is 47.8 Å². The van der Waals surface area contributed by atoms with Crippen LogP contribution in [0.15, 0.2) is 65.7 Å². The van der Waals surface area contributed by atoms with Crippen molar-refractivity contribution in [3.63, 3.8) is 0 Å².